The molecule has 430 valence electrons. The first-order valence-corrected chi connectivity index (χ1v) is 32.4. The summed E-state index contributed by atoms with van der Waals surface area (Å²) in [5, 5.41) is 6.58. The molecule has 0 unspecified atom stereocenters. The van der Waals surface area contributed by atoms with Gasteiger partial charge in [0.25, 0.3) is 0 Å². The number of nitrogens with one attached hydrogen (secondary N) is 2. The van der Waals surface area contributed by atoms with Crippen molar-refractivity contribution >= 4 is 28.9 Å². The van der Waals surface area contributed by atoms with Crippen LogP contribution < -0.4 is 15.5 Å². The van der Waals surface area contributed by atoms with E-state index in [9.17, 15) is 9.59 Å². The molecule has 0 spiro atoms. The normalized spacial score (nSPS) is 15.5. The van der Waals surface area contributed by atoms with E-state index in [1.54, 1.807) is 0 Å². The minimum absolute atomic E-state index is 0.0309. The number of anilines is 1. The molecule has 0 saturated carbocycles. The number of likely N-dealkylation sites (N-methyl/N-ethyl adjacent to an activating group) is 1. The Morgan fingerprint density at radius 1 is 0.494 bits per heavy atom. The van der Waals surface area contributed by atoms with Gasteiger partial charge in [-0.25, -0.2) is 0 Å². The number of hydrogen-bond donors (Lipinski definition) is 2. The lowest BCUT2D eigenvalue weighted by Gasteiger charge is -2.26. The Hall–Kier alpha value is -4.19. The first kappa shape index (κ1) is 65.3. The molecule has 2 N–H and O–H groups in total. The fraction of sp³-hybridized carbons (Fsp3) is 0.676. The predicted molar refractivity (Wildman–Crippen MR) is 335 cm³/mol. The number of amides is 2. The van der Waals surface area contributed by atoms with E-state index in [0.29, 0.717) is 13.1 Å². The molecule has 2 aromatic rings. The van der Waals surface area contributed by atoms with E-state index < -0.39 is 0 Å². The minimum Gasteiger partial charge on any atom is -0.356 e. The average molecular weight is 1060 g/mol. The Balaban J connectivity index is 1.40. The highest BCUT2D eigenvalue weighted by molar-refractivity contribution is 6.03. The van der Waals surface area contributed by atoms with Crippen molar-refractivity contribution in [2.24, 2.45) is 0 Å². The van der Waals surface area contributed by atoms with Crippen molar-refractivity contribution in [3.8, 4) is 0 Å². The second kappa shape index (κ2) is 38.4. The van der Waals surface area contributed by atoms with Gasteiger partial charge in [0.05, 0.1) is 18.3 Å². The first-order chi connectivity index (χ1) is 37.5. The molecule has 0 saturated heterocycles. The Bertz CT molecular complexity index is 2130. The zero-order valence-electron chi connectivity index (χ0n) is 51.1. The number of benzene rings is 2. The highest BCUT2D eigenvalue weighted by atomic mass is 16.2. The molecule has 0 radical (unpaired) electrons. The largest absolute Gasteiger partial charge is 0.356 e. The highest BCUT2D eigenvalue weighted by Gasteiger charge is 2.43. The summed E-state index contributed by atoms with van der Waals surface area (Å²) < 4.78 is 2.41. The third-order valence-corrected chi connectivity index (χ3v) is 16.9. The van der Waals surface area contributed by atoms with Gasteiger partial charge in [0.1, 0.15) is 6.54 Å². The van der Waals surface area contributed by atoms with Crippen molar-refractivity contribution in [1.82, 2.24) is 10.6 Å². The molecule has 0 bridgehead atoms. The van der Waals surface area contributed by atoms with Crippen molar-refractivity contribution in [1.29, 1.82) is 0 Å². The second-order valence-electron chi connectivity index (χ2n) is 24.2. The summed E-state index contributed by atoms with van der Waals surface area (Å²) in [4.78, 5) is 30.3. The molecular formula is C71H115N4O2+. The predicted octanol–water partition coefficient (Wildman–Crippen LogP) is 19.7. The zero-order valence-corrected chi connectivity index (χ0v) is 51.1. The molecule has 2 heterocycles. The molecule has 6 nitrogen and oxygen atoms in total. The van der Waals surface area contributed by atoms with Crippen LogP contribution in [0.5, 0.6) is 0 Å². The SMILES string of the molecule is CCCCCCCCCCCCCCCCCCNC(=O)CC(=C\C=C1\N(CC)c2ccccc2C1(C)C)/C=C(/C=C/C1=[N+](CC)c2ccccc2C1(C)C)CC(=O)NCCCCCCCCCCCCCCCCCC. The Labute approximate surface area is 474 Å². The molecule has 77 heavy (non-hydrogen) atoms. The fourth-order valence-electron chi connectivity index (χ4n) is 12.2. The van der Waals surface area contributed by atoms with Gasteiger partial charge < -0.3 is 15.5 Å². The summed E-state index contributed by atoms with van der Waals surface area (Å²) in [7, 11) is 0. The summed E-state index contributed by atoms with van der Waals surface area (Å²) in [6.07, 6.45) is 54.0. The van der Waals surface area contributed by atoms with Crippen LogP contribution in [0.4, 0.5) is 11.4 Å². The minimum atomic E-state index is -0.202. The van der Waals surface area contributed by atoms with Gasteiger partial charge in [-0.15, -0.1) is 0 Å². The van der Waals surface area contributed by atoms with Crippen molar-refractivity contribution in [3.63, 3.8) is 0 Å². The molecule has 2 amide bonds. The standard InChI is InChI=1S/C71H114N4O2/c1-9-13-15-17-19-21-23-25-27-29-31-33-35-37-39-45-55-72-68(76)58-60(51-53-66-70(5,6)62-47-41-43-49-64(62)74(66)11-3)57-61(52-54-67-71(7,8)63-48-42-44-50-65(63)75(67)12-4)59-69(77)73-56-46-40-38-36-34-32-30-28-26-24-22-20-18-16-14-10-2/h41-44,47-54,57H,9-40,45-46,55-56,58-59H2,1-8H3,(H-,72,73,76,77)/p+1. The fourth-order valence-corrected chi connectivity index (χ4v) is 12.2. The van der Waals surface area contributed by atoms with Crippen molar-refractivity contribution < 1.29 is 14.2 Å². The Kier molecular flexibility index (Phi) is 32.6. The van der Waals surface area contributed by atoms with E-state index in [0.717, 1.165) is 49.9 Å². The Morgan fingerprint density at radius 2 is 0.896 bits per heavy atom. The van der Waals surface area contributed by atoms with Crippen LogP contribution in [0.1, 0.15) is 285 Å². The van der Waals surface area contributed by atoms with Gasteiger partial charge in [0, 0.05) is 54.1 Å². The number of allylic oxidation sites excluding steroid dienone is 6. The van der Waals surface area contributed by atoms with Crippen LogP contribution >= 0.6 is 0 Å². The molecule has 4 rings (SSSR count). The third-order valence-electron chi connectivity index (χ3n) is 16.9. The second-order valence-corrected chi connectivity index (χ2v) is 24.2. The number of carbonyl (C=O) groups excluding carboxylic acids is 2. The van der Waals surface area contributed by atoms with Gasteiger partial charge >= 0.3 is 0 Å². The molecule has 0 aromatic heterocycles. The topological polar surface area (TPSA) is 64.5 Å². The van der Waals surface area contributed by atoms with E-state index in [2.05, 4.69) is 154 Å². The third kappa shape index (κ3) is 23.6. The number of rotatable bonds is 44. The van der Waals surface area contributed by atoms with Gasteiger partial charge in [-0.1, -0.05) is 275 Å². The van der Waals surface area contributed by atoms with E-state index >= 15 is 0 Å². The van der Waals surface area contributed by atoms with Gasteiger partial charge in [-0.3, -0.25) is 9.59 Å². The van der Waals surface area contributed by atoms with Crippen LogP contribution in [-0.2, 0) is 20.4 Å². The summed E-state index contributed by atoms with van der Waals surface area (Å²) in [6.45, 7) is 21.3. The smallest absolute Gasteiger partial charge is 0.224 e. The van der Waals surface area contributed by atoms with Crippen LogP contribution in [0.2, 0.25) is 0 Å². The van der Waals surface area contributed by atoms with Gasteiger partial charge in [-0.05, 0) is 69.4 Å². The zero-order chi connectivity index (χ0) is 55.4. The lowest BCUT2D eigenvalue weighted by molar-refractivity contribution is -0.433. The summed E-state index contributed by atoms with van der Waals surface area (Å²) in [6, 6.07) is 17.5. The van der Waals surface area contributed by atoms with Crippen LogP contribution in [0.3, 0.4) is 0 Å². The maximum absolute atomic E-state index is 14.0. The number of fused-ring (bicyclic) bond motifs is 2. The average Bonchev–Trinajstić information content (AvgIpc) is 3.86. The summed E-state index contributed by atoms with van der Waals surface area (Å²) >= 11 is 0. The quantitative estimate of drug-likeness (QED) is 0.0395. The number of hydrogen-bond acceptors (Lipinski definition) is 3. The number of carbonyl (C=O) groups is 2. The molecular weight excluding hydrogens is 941 g/mol. The lowest BCUT2D eigenvalue weighted by Crippen LogP contribution is -2.28. The molecule has 2 aromatic carbocycles. The number of para-hydroxylation sites is 2. The van der Waals surface area contributed by atoms with Crippen molar-refractivity contribution in [2.45, 2.75) is 285 Å². The van der Waals surface area contributed by atoms with E-state index in [1.807, 2.05) is 0 Å². The van der Waals surface area contributed by atoms with Crippen LogP contribution in [-0.4, -0.2) is 48.3 Å². The van der Waals surface area contributed by atoms with Crippen LogP contribution in [0, 0.1) is 0 Å². The van der Waals surface area contributed by atoms with Crippen molar-refractivity contribution in [3.05, 3.63) is 107 Å². The van der Waals surface area contributed by atoms with Crippen molar-refractivity contribution in [2.75, 3.05) is 31.1 Å². The van der Waals surface area contributed by atoms with E-state index in [-0.39, 0.29) is 35.5 Å². The highest BCUT2D eigenvalue weighted by Crippen LogP contribution is 2.47. The van der Waals surface area contributed by atoms with Gasteiger partial charge in [0.2, 0.25) is 17.5 Å². The summed E-state index contributed by atoms with van der Waals surface area (Å²) in [5.41, 5.74) is 8.96. The maximum atomic E-state index is 14.0. The molecule has 0 atom stereocenters. The Morgan fingerprint density at radius 3 is 1.34 bits per heavy atom. The van der Waals surface area contributed by atoms with E-state index in [1.165, 1.54) is 214 Å². The molecule has 6 heteroatoms. The summed E-state index contributed by atoms with van der Waals surface area (Å²) in [5.74, 6) is 0.0618. The molecule has 0 fully saturated rings. The van der Waals surface area contributed by atoms with Gasteiger partial charge in [0.15, 0.2) is 5.71 Å². The first-order valence-electron chi connectivity index (χ1n) is 32.4. The van der Waals surface area contributed by atoms with Gasteiger partial charge in [-0.2, -0.15) is 4.58 Å². The lowest BCUT2D eigenvalue weighted by atomic mass is 9.81. The number of nitrogens with zero attached hydrogens (tertiary/aromatic N) is 2. The number of unbranched alkanes of at least 4 members (excludes halogenated alkanes) is 30. The van der Waals surface area contributed by atoms with Crippen LogP contribution in [0.15, 0.2) is 95.8 Å². The van der Waals surface area contributed by atoms with Crippen LogP contribution in [0.25, 0.3) is 0 Å². The molecule has 2 aliphatic heterocycles. The monoisotopic (exact) mass is 1060 g/mol. The van der Waals surface area contributed by atoms with E-state index in [4.69, 9.17) is 0 Å². The maximum Gasteiger partial charge on any atom is 0.224 e. The molecule has 0 aliphatic carbocycles. The molecule has 2 aliphatic rings.